The Kier molecular flexibility index (Phi) is 4.80. The molecule has 0 amide bonds. The number of ether oxygens (including phenoxy) is 4. The smallest absolute Gasteiger partial charge is 0.222 e. The average Bonchev–Trinajstić information content (AvgIpc) is 3.49. The van der Waals surface area contributed by atoms with E-state index in [1.807, 2.05) is 0 Å². The Balaban J connectivity index is 1.35. The normalized spacial score (nSPS) is 51.2. The van der Waals surface area contributed by atoms with Crippen LogP contribution in [0.25, 0.3) is 0 Å². The second-order valence-electron chi connectivity index (χ2n) is 11.6. The van der Waals surface area contributed by atoms with Crippen molar-refractivity contribution < 1.29 is 34.3 Å². The van der Waals surface area contributed by atoms with Gasteiger partial charge in [-0.3, -0.25) is 0 Å². The highest BCUT2D eigenvalue weighted by atomic mass is 16.8. The quantitative estimate of drug-likeness (QED) is 0.555. The third-order valence-electron chi connectivity index (χ3n) is 10.6. The number of hydrogen-bond acceptors (Lipinski definition) is 7. The fourth-order valence-electron chi connectivity index (χ4n) is 9.05. The molecule has 7 nitrogen and oxygen atoms in total. The molecule has 6 aliphatic rings. The summed E-state index contributed by atoms with van der Waals surface area (Å²) in [5, 5.41) is 34.0. The van der Waals surface area contributed by atoms with Gasteiger partial charge < -0.3 is 34.3 Å². The summed E-state index contributed by atoms with van der Waals surface area (Å²) in [6.45, 7) is 6.07. The molecule has 7 atom stereocenters. The molecule has 0 bridgehead atoms. The molecule has 5 fully saturated rings. The first kappa shape index (κ1) is 22.0. The predicted molar refractivity (Wildman–Crippen MR) is 114 cm³/mol. The van der Waals surface area contributed by atoms with Crippen LogP contribution in [0.1, 0.15) is 58.8 Å². The van der Waals surface area contributed by atoms with E-state index in [0.717, 1.165) is 32.1 Å². The average molecular weight is 451 g/mol. The van der Waals surface area contributed by atoms with E-state index in [0.29, 0.717) is 45.2 Å². The zero-order valence-electron chi connectivity index (χ0n) is 19.3. The molecule has 1 spiro atoms. The van der Waals surface area contributed by atoms with Gasteiger partial charge in [0.25, 0.3) is 0 Å². The summed E-state index contributed by atoms with van der Waals surface area (Å²) in [6.07, 6.45) is 7.30. The molecule has 32 heavy (non-hydrogen) atoms. The minimum absolute atomic E-state index is 0.0834. The highest BCUT2D eigenvalue weighted by molar-refractivity contribution is 5.29. The topological polar surface area (TPSA) is 97.6 Å². The molecular weight excluding hydrogens is 412 g/mol. The first-order chi connectivity index (χ1) is 15.2. The van der Waals surface area contributed by atoms with Gasteiger partial charge in [0.1, 0.15) is 12.2 Å². The molecule has 0 aromatic heterocycles. The number of rotatable bonds is 2. The fourth-order valence-corrected chi connectivity index (χ4v) is 9.05. The summed E-state index contributed by atoms with van der Waals surface area (Å²) >= 11 is 0. The van der Waals surface area contributed by atoms with Gasteiger partial charge in [-0.2, -0.15) is 0 Å². The van der Waals surface area contributed by atoms with Crippen molar-refractivity contribution in [3.05, 3.63) is 11.6 Å². The van der Waals surface area contributed by atoms with Gasteiger partial charge in [-0.15, -0.1) is 0 Å². The molecule has 4 aliphatic carbocycles. The van der Waals surface area contributed by atoms with E-state index >= 15 is 0 Å². The molecular formula is C25H38O7. The molecule has 2 saturated heterocycles. The molecule has 0 aromatic rings. The van der Waals surface area contributed by atoms with E-state index in [2.05, 4.69) is 19.9 Å². The molecule has 0 aromatic carbocycles. The largest absolute Gasteiger partial charge is 0.393 e. The molecule has 2 heterocycles. The van der Waals surface area contributed by atoms with Crippen LogP contribution >= 0.6 is 0 Å². The third-order valence-corrected chi connectivity index (χ3v) is 10.6. The van der Waals surface area contributed by atoms with E-state index in [9.17, 15) is 15.3 Å². The van der Waals surface area contributed by atoms with Crippen molar-refractivity contribution in [2.45, 2.75) is 82.1 Å². The zero-order chi connectivity index (χ0) is 22.4. The monoisotopic (exact) mass is 450 g/mol. The summed E-state index contributed by atoms with van der Waals surface area (Å²) in [7, 11) is 0. The zero-order valence-corrected chi connectivity index (χ0v) is 19.3. The lowest BCUT2D eigenvalue weighted by Gasteiger charge is -2.62. The fraction of sp³-hybridized carbons (Fsp3) is 0.920. The van der Waals surface area contributed by atoms with Crippen molar-refractivity contribution in [1.29, 1.82) is 0 Å². The first-order valence-electron chi connectivity index (χ1n) is 12.5. The number of hydrogen-bond donors (Lipinski definition) is 3. The SMILES string of the molecule is C[C@@]12CCC3(C=C1CC[C@H]1[C@H]2[C@H](O)C[C@]2(C)[C@@H]1CC[C@@]2(O)C1(CO)OCCO1)OCCO3. The van der Waals surface area contributed by atoms with Gasteiger partial charge in [0.2, 0.25) is 5.79 Å². The Hall–Kier alpha value is -0.540. The maximum atomic E-state index is 12.1. The minimum atomic E-state index is -1.39. The van der Waals surface area contributed by atoms with Crippen LogP contribution in [0.2, 0.25) is 0 Å². The van der Waals surface area contributed by atoms with E-state index in [4.69, 9.17) is 18.9 Å². The molecule has 3 N–H and O–H groups in total. The van der Waals surface area contributed by atoms with Crippen LogP contribution in [0.3, 0.4) is 0 Å². The molecule has 3 saturated carbocycles. The number of fused-ring (bicyclic) bond motifs is 5. The summed E-state index contributed by atoms with van der Waals surface area (Å²) in [6, 6.07) is 0. The van der Waals surface area contributed by atoms with Crippen LogP contribution in [0.4, 0.5) is 0 Å². The molecule has 2 aliphatic heterocycles. The maximum absolute atomic E-state index is 12.1. The summed E-state index contributed by atoms with van der Waals surface area (Å²) in [4.78, 5) is 0. The lowest BCUT2D eigenvalue weighted by molar-refractivity contribution is -0.324. The van der Waals surface area contributed by atoms with Crippen LogP contribution < -0.4 is 0 Å². The van der Waals surface area contributed by atoms with Crippen LogP contribution in [-0.2, 0) is 18.9 Å². The molecule has 180 valence electrons. The second kappa shape index (κ2) is 7.00. The maximum Gasteiger partial charge on any atom is 0.222 e. The number of aliphatic hydroxyl groups is 3. The van der Waals surface area contributed by atoms with Crippen molar-refractivity contribution >= 4 is 0 Å². The molecule has 6 rings (SSSR count). The summed E-state index contributed by atoms with van der Waals surface area (Å²) in [5.74, 6) is -1.23. The van der Waals surface area contributed by atoms with E-state index in [1.165, 1.54) is 5.57 Å². The minimum Gasteiger partial charge on any atom is -0.393 e. The van der Waals surface area contributed by atoms with E-state index in [1.54, 1.807) is 0 Å². The lowest BCUT2D eigenvalue weighted by Crippen LogP contribution is -2.68. The lowest BCUT2D eigenvalue weighted by atomic mass is 9.45. The van der Waals surface area contributed by atoms with Crippen LogP contribution in [0.5, 0.6) is 0 Å². The Morgan fingerprint density at radius 2 is 1.66 bits per heavy atom. The van der Waals surface area contributed by atoms with Gasteiger partial charge >= 0.3 is 0 Å². The Bertz CT molecular complexity index is 800. The Morgan fingerprint density at radius 3 is 2.34 bits per heavy atom. The van der Waals surface area contributed by atoms with Crippen LogP contribution in [0.15, 0.2) is 11.6 Å². The van der Waals surface area contributed by atoms with Crippen LogP contribution in [-0.4, -0.2) is 71.6 Å². The highest BCUT2D eigenvalue weighted by Crippen LogP contribution is 2.70. The number of aliphatic hydroxyl groups excluding tert-OH is 2. The van der Waals surface area contributed by atoms with E-state index in [-0.39, 0.29) is 23.9 Å². The van der Waals surface area contributed by atoms with E-state index < -0.39 is 28.7 Å². The predicted octanol–water partition coefficient (Wildman–Crippen LogP) is 2.13. The van der Waals surface area contributed by atoms with Crippen molar-refractivity contribution in [1.82, 2.24) is 0 Å². The number of allylic oxidation sites excluding steroid dienone is 1. The van der Waals surface area contributed by atoms with Gasteiger partial charge in [0.15, 0.2) is 5.79 Å². The van der Waals surface area contributed by atoms with Gasteiger partial charge in [-0.25, -0.2) is 0 Å². The van der Waals surface area contributed by atoms with Gasteiger partial charge in [0, 0.05) is 11.8 Å². The van der Waals surface area contributed by atoms with Gasteiger partial charge in [-0.05, 0) is 67.8 Å². The summed E-state index contributed by atoms with van der Waals surface area (Å²) in [5.41, 5.74) is -0.607. The Labute approximate surface area is 190 Å². The van der Waals surface area contributed by atoms with Gasteiger partial charge in [-0.1, -0.05) is 19.4 Å². The van der Waals surface area contributed by atoms with Crippen molar-refractivity contribution in [2.75, 3.05) is 33.0 Å². The second-order valence-corrected chi connectivity index (χ2v) is 11.6. The van der Waals surface area contributed by atoms with Crippen molar-refractivity contribution in [2.24, 2.45) is 28.6 Å². The first-order valence-corrected chi connectivity index (χ1v) is 12.5. The van der Waals surface area contributed by atoms with Crippen molar-refractivity contribution in [3.63, 3.8) is 0 Å². The van der Waals surface area contributed by atoms with Crippen molar-refractivity contribution in [3.8, 4) is 0 Å². The molecule has 0 radical (unpaired) electrons. The highest BCUT2D eigenvalue weighted by Gasteiger charge is 2.73. The Morgan fingerprint density at radius 1 is 0.969 bits per heavy atom. The summed E-state index contributed by atoms with van der Waals surface area (Å²) < 4.78 is 23.7. The molecule has 0 unspecified atom stereocenters. The standard InChI is InChI=1S/C25H38O7/c1-21-7-8-23(29-9-10-30-23)13-16(21)3-4-17-18-5-6-24(28,25(15-26)31-11-12-32-25)22(18,2)14-19(27)20(17)21/h13,17-20,26-28H,3-12,14-15H2,1-2H3/t17-,18-,19-,20+,21-,22-,24+/m1/s1. The molecule has 7 heteroatoms. The third kappa shape index (κ3) is 2.56. The van der Waals surface area contributed by atoms with Gasteiger partial charge in [0.05, 0.1) is 32.5 Å². The van der Waals surface area contributed by atoms with Crippen LogP contribution in [0, 0.1) is 28.6 Å².